The summed E-state index contributed by atoms with van der Waals surface area (Å²) in [6.07, 6.45) is 5.61. The van der Waals surface area contributed by atoms with Crippen LogP contribution in [0.25, 0.3) is 10.4 Å². The maximum absolute atomic E-state index is 14.6. The van der Waals surface area contributed by atoms with Gasteiger partial charge in [0.2, 0.25) is 21.7 Å². The van der Waals surface area contributed by atoms with E-state index in [1.165, 1.54) is 17.0 Å². The van der Waals surface area contributed by atoms with Crippen LogP contribution in [0.4, 0.5) is 28.9 Å². The molecular formula is C33H31F4N7O9S. The molecule has 16 nitrogen and oxygen atoms in total. The van der Waals surface area contributed by atoms with E-state index in [2.05, 4.69) is 21.3 Å². The number of benzene rings is 3. The van der Waals surface area contributed by atoms with Gasteiger partial charge in [-0.1, -0.05) is 29.4 Å². The molecule has 0 unspecified atom stereocenters. The van der Waals surface area contributed by atoms with Crippen molar-refractivity contribution in [1.82, 2.24) is 14.5 Å². The van der Waals surface area contributed by atoms with E-state index >= 15 is 0 Å². The highest BCUT2D eigenvalue weighted by atomic mass is 32.2. The zero-order chi connectivity index (χ0) is 40.3. The van der Waals surface area contributed by atoms with Gasteiger partial charge in [-0.3, -0.25) is 24.5 Å². The summed E-state index contributed by atoms with van der Waals surface area (Å²) in [5.74, 6) is -12.3. The van der Waals surface area contributed by atoms with Crippen LogP contribution < -0.4 is 5.32 Å². The summed E-state index contributed by atoms with van der Waals surface area (Å²) >= 11 is 0. The Bertz CT molecular complexity index is 2130. The van der Waals surface area contributed by atoms with Gasteiger partial charge in [0, 0.05) is 61.6 Å². The van der Waals surface area contributed by atoms with Crippen molar-refractivity contribution in [3.63, 3.8) is 0 Å². The molecular weight excluding hydrogens is 746 g/mol. The number of amides is 2. The van der Waals surface area contributed by atoms with Crippen molar-refractivity contribution >= 4 is 39.0 Å². The van der Waals surface area contributed by atoms with Gasteiger partial charge in [0.05, 0.1) is 10.7 Å². The number of phenolic OH excluding ortho intramolecular Hbond substituents is 2. The fourth-order valence-electron chi connectivity index (χ4n) is 4.92. The molecule has 0 aromatic heterocycles. The molecule has 3 aromatic carbocycles. The molecule has 0 aliphatic heterocycles. The van der Waals surface area contributed by atoms with Crippen LogP contribution >= 0.6 is 0 Å². The lowest BCUT2D eigenvalue weighted by atomic mass is 10.0. The maximum Gasteiger partial charge on any atom is 0.315 e. The van der Waals surface area contributed by atoms with Crippen molar-refractivity contribution in [3.8, 4) is 23.8 Å². The number of nitrogens with one attached hydrogen (secondary N) is 1. The smallest absolute Gasteiger partial charge is 0.315 e. The van der Waals surface area contributed by atoms with Gasteiger partial charge in [-0.05, 0) is 36.5 Å². The van der Waals surface area contributed by atoms with Crippen LogP contribution in [-0.4, -0.2) is 82.8 Å². The van der Waals surface area contributed by atoms with Gasteiger partial charge in [0.15, 0.2) is 34.8 Å². The molecule has 0 bridgehead atoms. The van der Waals surface area contributed by atoms with Crippen molar-refractivity contribution in [1.29, 1.82) is 0 Å². The molecule has 286 valence electrons. The lowest BCUT2D eigenvalue weighted by Crippen LogP contribution is -2.42. The highest BCUT2D eigenvalue weighted by molar-refractivity contribution is 7.89. The van der Waals surface area contributed by atoms with Crippen LogP contribution in [0.1, 0.15) is 57.5 Å². The van der Waals surface area contributed by atoms with E-state index in [0.29, 0.717) is 18.4 Å². The first-order valence-corrected chi connectivity index (χ1v) is 17.3. The van der Waals surface area contributed by atoms with Crippen molar-refractivity contribution in [2.75, 3.05) is 32.4 Å². The SMILES string of the molecule is C#CCCN(C(=O)c1c(F)c(F)c(N=[N+]=[N-])c(F)c1F)S(=O)(=O)CCNCCCCC(=O)N(C)Cc1ccc(C(=O)c2cc(O)c(O)c([N+](=O)[O-])c2)cc1. The van der Waals surface area contributed by atoms with Gasteiger partial charge in [-0.25, -0.2) is 30.3 Å². The topological polar surface area (TPSA) is 236 Å². The van der Waals surface area contributed by atoms with E-state index in [1.54, 1.807) is 19.2 Å². The van der Waals surface area contributed by atoms with Crippen molar-refractivity contribution < 1.29 is 55.5 Å². The predicted octanol–water partition coefficient (Wildman–Crippen LogP) is 4.95. The molecule has 2 amide bonds. The van der Waals surface area contributed by atoms with Gasteiger partial charge in [-0.15, -0.1) is 12.3 Å². The molecule has 0 heterocycles. The van der Waals surface area contributed by atoms with Crippen LogP contribution in [0, 0.1) is 45.7 Å². The number of ketones is 1. The number of halogens is 4. The Hall–Kier alpha value is -6.23. The third kappa shape index (κ3) is 10.0. The minimum atomic E-state index is -4.66. The molecule has 0 radical (unpaired) electrons. The molecule has 0 saturated heterocycles. The number of terminal acetylenes is 1. The number of unbranched alkanes of at least 4 members (excludes halogenated alkanes) is 1. The van der Waals surface area contributed by atoms with Crippen LogP contribution in [0.3, 0.4) is 0 Å². The minimum Gasteiger partial charge on any atom is -0.504 e. The number of nitro groups is 1. The van der Waals surface area contributed by atoms with Crippen molar-refractivity contribution in [2.24, 2.45) is 5.11 Å². The highest BCUT2D eigenvalue weighted by Gasteiger charge is 2.36. The van der Waals surface area contributed by atoms with Gasteiger partial charge in [0.25, 0.3) is 5.91 Å². The maximum atomic E-state index is 14.6. The number of rotatable bonds is 18. The number of sulfonamides is 1. The zero-order valence-electron chi connectivity index (χ0n) is 28.3. The lowest BCUT2D eigenvalue weighted by molar-refractivity contribution is -0.386. The largest absolute Gasteiger partial charge is 0.504 e. The summed E-state index contributed by atoms with van der Waals surface area (Å²) in [6.45, 7) is -0.672. The number of phenols is 2. The fourth-order valence-corrected chi connectivity index (χ4v) is 6.25. The van der Waals surface area contributed by atoms with Gasteiger partial charge in [0.1, 0.15) is 11.3 Å². The number of carbonyl (C=O) groups excluding carboxylic acids is 3. The second-order valence-electron chi connectivity index (χ2n) is 11.4. The molecule has 0 fully saturated rings. The Morgan fingerprint density at radius 1 is 1.02 bits per heavy atom. The highest BCUT2D eigenvalue weighted by Crippen LogP contribution is 2.37. The van der Waals surface area contributed by atoms with E-state index in [0.717, 1.165) is 12.1 Å². The summed E-state index contributed by atoms with van der Waals surface area (Å²) in [7, 11) is -3.11. The fraction of sp³-hybridized carbons (Fsp3) is 0.303. The Balaban J connectivity index is 1.50. The summed E-state index contributed by atoms with van der Waals surface area (Å²) in [5.41, 5.74) is 4.56. The Labute approximate surface area is 304 Å². The van der Waals surface area contributed by atoms with Crippen LogP contribution in [-0.2, 0) is 21.4 Å². The van der Waals surface area contributed by atoms with Gasteiger partial charge in [-0.2, -0.15) is 0 Å². The molecule has 0 aliphatic rings. The number of carbonyl (C=O) groups is 3. The molecule has 21 heteroatoms. The van der Waals surface area contributed by atoms with E-state index in [-0.39, 0.29) is 47.4 Å². The Morgan fingerprint density at radius 2 is 1.65 bits per heavy atom. The number of nitro benzene ring substituents is 1. The molecule has 0 saturated carbocycles. The molecule has 0 spiro atoms. The molecule has 0 atom stereocenters. The molecule has 3 N–H and O–H groups in total. The summed E-state index contributed by atoms with van der Waals surface area (Å²) in [4.78, 5) is 52.0. The van der Waals surface area contributed by atoms with E-state index in [1.807, 2.05) is 0 Å². The van der Waals surface area contributed by atoms with Gasteiger partial charge >= 0.3 is 5.69 Å². The zero-order valence-corrected chi connectivity index (χ0v) is 29.1. The first-order valence-electron chi connectivity index (χ1n) is 15.6. The lowest BCUT2D eigenvalue weighted by Gasteiger charge is -2.23. The quantitative estimate of drug-likeness (QED) is 0.0134. The van der Waals surface area contributed by atoms with Crippen LogP contribution in [0.2, 0.25) is 0 Å². The van der Waals surface area contributed by atoms with Crippen LogP contribution in [0.15, 0.2) is 41.5 Å². The third-order valence-corrected chi connectivity index (χ3v) is 9.48. The van der Waals surface area contributed by atoms with E-state index in [4.69, 9.17) is 12.0 Å². The second kappa shape index (κ2) is 18.5. The summed E-state index contributed by atoms with van der Waals surface area (Å²) in [5, 5.41) is 35.8. The van der Waals surface area contributed by atoms with Crippen molar-refractivity contribution in [3.05, 3.63) is 102 Å². The number of hydrogen-bond donors (Lipinski definition) is 3. The molecule has 0 aliphatic carbocycles. The standard InChI is InChI=1S/C33H31F4N7O9S/c1-3-4-14-43(33(49)25-26(34)28(36)30(40-41-38)29(37)27(25)35)54(52,53)15-13-39-12-6-5-7-24(46)42(2)18-19-8-10-20(11-9-19)31(47)21-16-22(44(50)51)32(48)23(45)17-21/h1,8-11,16-17,39,45,48H,4-7,12-15,18H2,2H3. The van der Waals surface area contributed by atoms with Crippen LogP contribution in [0.5, 0.6) is 11.5 Å². The number of azide groups is 1. The average molecular weight is 778 g/mol. The number of aromatic hydroxyl groups is 2. The first-order chi connectivity index (χ1) is 25.5. The summed E-state index contributed by atoms with van der Waals surface area (Å²) < 4.78 is 83.7. The predicted molar refractivity (Wildman–Crippen MR) is 183 cm³/mol. The first kappa shape index (κ1) is 42.2. The molecule has 3 aromatic rings. The number of nitrogens with zero attached hydrogens (tertiary/aromatic N) is 6. The molecule has 54 heavy (non-hydrogen) atoms. The molecule has 3 rings (SSSR count). The average Bonchev–Trinajstić information content (AvgIpc) is 3.13. The second-order valence-corrected chi connectivity index (χ2v) is 13.4. The van der Waals surface area contributed by atoms with Crippen molar-refractivity contribution in [2.45, 2.75) is 32.2 Å². The Kier molecular flexibility index (Phi) is 14.5. The monoisotopic (exact) mass is 777 g/mol. The van der Waals surface area contributed by atoms with E-state index < -0.39 is 97.1 Å². The Morgan fingerprint density at radius 3 is 2.22 bits per heavy atom. The van der Waals surface area contributed by atoms with Gasteiger partial charge < -0.3 is 20.4 Å². The number of hydrogen-bond acceptors (Lipinski definition) is 11. The normalized spacial score (nSPS) is 11.0. The third-order valence-electron chi connectivity index (χ3n) is 7.74. The van der Waals surface area contributed by atoms with E-state index in [9.17, 15) is 60.7 Å². The summed E-state index contributed by atoms with van der Waals surface area (Å²) in [6, 6.07) is 7.74. The minimum absolute atomic E-state index is 0.00250.